The van der Waals surface area contributed by atoms with Crippen LogP contribution in [0.3, 0.4) is 0 Å². The van der Waals surface area contributed by atoms with Gasteiger partial charge in [0, 0.05) is 6.42 Å². The number of ether oxygens (including phenoxy) is 1. The van der Waals surface area contributed by atoms with Gasteiger partial charge in [0.25, 0.3) is 0 Å². The summed E-state index contributed by atoms with van der Waals surface area (Å²) in [5.41, 5.74) is 0. The Balaban J connectivity index is 3.73. The smallest absolute Gasteiger partial charge is 0.306 e. The van der Waals surface area contributed by atoms with Crippen molar-refractivity contribution in [2.24, 2.45) is 5.92 Å². The number of hydrogen-bond acceptors (Lipinski definition) is 2. The minimum Gasteiger partial charge on any atom is -0.462 e. The van der Waals surface area contributed by atoms with Crippen LogP contribution in [0.25, 0.3) is 0 Å². The molecule has 0 aliphatic rings. The second-order valence-corrected chi connectivity index (χ2v) is 12.0. The van der Waals surface area contributed by atoms with Crippen LogP contribution in [0.4, 0.5) is 0 Å². The third-order valence-corrected chi connectivity index (χ3v) is 7.72. The molecule has 1 unspecified atom stereocenters. The highest BCUT2D eigenvalue weighted by molar-refractivity contribution is 5.69. The van der Waals surface area contributed by atoms with Crippen molar-refractivity contribution in [2.45, 2.75) is 207 Å². The van der Waals surface area contributed by atoms with Gasteiger partial charge in [-0.25, -0.2) is 0 Å². The van der Waals surface area contributed by atoms with E-state index in [2.05, 4.69) is 27.7 Å². The maximum Gasteiger partial charge on any atom is 0.306 e. The summed E-state index contributed by atoms with van der Waals surface area (Å²) in [6, 6.07) is 0. The molecular weight excluding hydrogens is 440 g/mol. The fourth-order valence-electron chi connectivity index (χ4n) is 5.22. The molecule has 0 aliphatic heterocycles. The van der Waals surface area contributed by atoms with Crippen LogP contribution in [-0.2, 0) is 9.53 Å². The number of hydrogen-bond donors (Lipinski definition) is 0. The molecule has 0 amide bonds. The van der Waals surface area contributed by atoms with E-state index in [0.29, 0.717) is 6.42 Å². The number of unbranched alkanes of at least 4 members (excludes halogenated alkanes) is 20. The maximum absolute atomic E-state index is 12.5. The van der Waals surface area contributed by atoms with Gasteiger partial charge in [0.05, 0.1) is 0 Å². The van der Waals surface area contributed by atoms with Gasteiger partial charge in [-0.2, -0.15) is 0 Å². The summed E-state index contributed by atoms with van der Waals surface area (Å²) in [6.07, 6.45) is 34.8. The second kappa shape index (κ2) is 29.0. The lowest BCUT2D eigenvalue weighted by Gasteiger charge is -2.18. The molecule has 0 fully saturated rings. The second-order valence-electron chi connectivity index (χ2n) is 12.0. The summed E-state index contributed by atoms with van der Waals surface area (Å²) in [7, 11) is 0. The molecule has 0 bridgehead atoms. The molecule has 0 saturated carbocycles. The topological polar surface area (TPSA) is 26.3 Å². The van der Waals surface area contributed by atoms with Crippen molar-refractivity contribution in [2.75, 3.05) is 0 Å². The van der Waals surface area contributed by atoms with Crippen molar-refractivity contribution < 1.29 is 9.53 Å². The Morgan fingerprint density at radius 2 is 0.806 bits per heavy atom. The van der Waals surface area contributed by atoms with Gasteiger partial charge in [-0.05, 0) is 38.0 Å². The fourth-order valence-corrected chi connectivity index (χ4v) is 5.22. The third-order valence-electron chi connectivity index (χ3n) is 7.72. The molecule has 0 radical (unpaired) electrons. The zero-order chi connectivity index (χ0) is 26.5. The first kappa shape index (κ1) is 35.5. The van der Waals surface area contributed by atoms with Crippen LogP contribution >= 0.6 is 0 Å². The quantitative estimate of drug-likeness (QED) is 0.0741. The summed E-state index contributed by atoms with van der Waals surface area (Å²) in [6.45, 7) is 9.19. The normalized spacial score (nSPS) is 12.4. The third kappa shape index (κ3) is 28.0. The molecule has 0 aromatic rings. The van der Waals surface area contributed by atoms with E-state index in [1.807, 2.05) is 0 Å². The Labute approximate surface area is 228 Å². The van der Waals surface area contributed by atoms with E-state index in [1.165, 1.54) is 148 Å². The molecule has 0 spiro atoms. The predicted octanol–water partition coefficient (Wildman–Crippen LogP) is 12.1. The van der Waals surface area contributed by atoms with Crippen molar-refractivity contribution in [1.82, 2.24) is 0 Å². The molecule has 1 atom stereocenters. The number of esters is 1. The molecule has 0 aromatic carbocycles. The standard InChI is InChI=1S/C34H68O2/c1-5-7-9-11-18-22-26-30-33(29-25-10-8-6-2)36-34(35)31-27-23-20-17-15-13-12-14-16-19-21-24-28-32(3)4/h32-33H,5-31H2,1-4H3. The lowest BCUT2D eigenvalue weighted by molar-refractivity contribution is -0.150. The van der Waals surface area contributed by atoms with Gasteiger partial charge in [-0.3, -0.25) is 4.79 Å². The highest BCUT2D eigenvalue weighted by Crippen LogP contribution is 2.18. The van der Waals surface area contributed by atoms with Gasteiger partial charge in [0.1, 0.15) is 6.10 Å². The first-order valence-electron chi connectivity index (χ1n) is 16.8. The predicted molar refractivity (Wildman–Crippen MR) is 161 cm³/mol. The summed E-state index contributed by atoms with van der Waals surface area (Å²) in [5.74, 6) is 0.930. The number of rotatable bonds is 29. The molecule has 0 heterocycles. The molecule has 0 N–H and O–H groups in total. The fraction of sp³-hybridized carbons (Fsp3) is 0.971. The highest BCUT2D eigenvalue weighted by Gasteiger charge is 2.14. The average Bonchev–Trinajstić information content (AvgIpc) is 2.85. The Hall–Kier alpha value is -0.530. The van der Waals surface area contributed by atoms with Gasteiger partial charge >= 0.3 is 5.97 Å². The van der Waals surface area contributed by atoms with Crippen molar-refractivity contribution in [1.29, 1.82) is 0 Å². The van der Waals surface area contributed by atoms with E-state index in [-0.39, 0.29) is 12.1 Å². The van der Waals surface area contributed by atoms with E-state index in [0.717, 1.165) is 25.2 Å². The molecule has 2 heteroatoms. The van der Waals surface area contributed by atoms with E-state index in [1.54, 1.807) is 0 Å². The molecular formula is C34H68O2. The first-order valence-corrected chi connectivity index (χ1v) is 16.8. The van der Waals surface area contributed by atoms with E-state index >= 15 is 0 Å². The van der Waals surface area contributed by atoms with E-state index < -0.39 is 0 Å². The van der Waals surface area contributed by atoms with E-state index in [4.69, 9.17) is 4.74 Å². The van der Waals surface area contributed by atoms with Crippen molar-refractivity contribution in [3.63, 3.8) is 0 Å². The van der Waals surface area contributed by atoms with Crippen LogP contribution in [0.5, 0.6) is 0 Å². The summed E-state index contributed by atoms with van der Waals surface area (Å²) >= 11 is 0. The molecule has 0 aliphatic carbocycles. The van der Waals surface area contributed by atoms with Gasteiger partial charge in [-0.1, -0.05) is 163 Å². The minimum atomic E-state index is 0.0619. The Kier molecular flexibility index (Phi) is 28.6. The van der Waals surface area contributed by atoms with Gasteiger partial charge in [0.15, 0.2) is 0 Å². The average molecular weight is 509 g/mol. The molecule has 2 nitrogen and oxygen atoms in total. The molecule has 0 aromatic heterocycles. The van der Waals surface area contributed by atoms with Crippen molar-refractivity contribution in [3.05, 3.63) is 0 Å². The van der Waals surface area contributed by atoms with Crippen LogP contribution in [0.2, 0.25) is 0 Å². The minimum absolute atomic E-state index is 0.0619. The summed E-state index contributed by atoms with van der Waals surface area (Å²) in [4.78, 5) is 12.5. The lowest BCUT2D eigenvalue weighted by atomic mass is 10.0. The number of carbonyl (C=O) groups is 1. The van der Waals surface area contributed by atoms with Gasteiger partial charge < -0.3 is 4.74 Å². The number of carbonyl (C=O) groups excluding carboxylic acids is 1. The van der Waals surface area contributed by atoms with Gasteiger partial charge in [-0.15, -0.1) is 0 Å². The van der Waals surface area contributed by atoms with Crippen molar-refractivity contribution in [3.8, 4) is 0 Å². The largest absolute Gasteiger partial charge is 0.462 e. The Morgan fingerprint density at radius 3 is 1.22 bits per heavy atom. The maximum atomic E-state index is 12.5. The first-order chi connectivity index (χ1) is 17.6. The summed E-state index contributed by atoms with van der Waals surface area (Å²) in [5, 5.41) is 0. The van der Waals surface area contributed by atoms with E-state index in [9.17, 15) is 4.79 Å². The summed E-state index contributed by atoms with van der Waals surface area (Å²) < 4.78 is 5.96. The van der Waals surface area contributed by atoms with Crippen LogP contribution in [0, 0.1) is 5.92 Å². The van der Waals surface area contributed by atoms with Crippen LogP contribution in [-0.4, -0.2) is 12.1 Å². The molecule has 36 heavy (non-hydrogen) atoms. The highest BCUT2D eigenvalue weighted by atomic mass is 16.5. The monoisotopic (exact) mass is 509 g/mol. The van der Waals surface area contributed by atoms with Crippen LogP contribution in [0.15, 0.2) is 0 Å². The molecule has 216 valence electrons. The van der Waals surface area contributed by atoms with Crippen LogP contribution < -0.4 is 0 Å². The SMILES string of the molecule is CCCCCCCCCC(CCCCCC)OC(=O)CCCCCCCCCCCCCCC(C)C. The zero-order valence-corrected chi connectivity index (χ0v) is 25.6. The lowest BCUT2D eigenvalue weighted by Crippen LogP contribution is -2.18. The molecule has 0 rings (SSSR count). The molecule has 0 saturated heterocycles. The van der Waals surface area contributed by atoms with Crippen LogP contribution in [0.1, 0.15) is 201 Å². The van der Waals surface area contributed by atoms with Gasteiger partial charge in [0.2, 0.25) is 0 Å². The van der Waals surface area contributed by atoms with Crippen molar-refractivity contribution >= 4 is 5.97 Å². The Bertz CT molecular complexity index is 431. The Morgan fingerprint density at radius 1 is 0.472 bits per heavy atom. The zero-order valence-electron chi connectivity index (χ0n) is 25.6.